The molecule has 3 aromatic rings. The second-order valence-corrected chi connectivity index (χ2v) is 10.00. The minimum Gasteiger partial charge on any atom is -0.288 e. The zero-order valence-electron chi connectivity index (χ0n) is 17.6. The number of para-hydroxylation sites is 1. The van der Waals surface area contributed by atoms with Gasteiger partial charge in [0.15, 0.2) is 0 Å². The lowest BCUT2D eigenvalue weighted by Crippen LogP contribution is -2.23. The summed E-state index contributed by atoms with van der Waals surface area (Å²) in [6.45, 7) is 1.89. The number of hydrogen-bond acceptors (Lipinski definition) is 4. The first-order valence-corrected chi connectivity index (χ1v) is 12.0. The molecule has 0 fully saturated rings. The minimum absolute atomic E-state index is 0.159. The highest BCUT2D eigenvalue weighted by atomic mass is 32.2. The number of nitrogens with zero attached hydrogens (tertiary/aromatic N) is 1. The predicted molar refractivity (Wildman–Crippen MR) is 122 cm³/mol. The molecule has 32 heavy (non-hydrogen) atoms. The van der Waals surface area contributed by atoms with E-state index in [0.29, 0.717) is 22.0 Å². The van der Waals surface area contributed by atoms with Gasteiger partial charge >= 0.3 is 0 Å². The van der Waals surface area contributed by atoms with E-state index in [1.54, 1.807) is 48.5 Å². The van der Waals surface area contributed by atoms with Crippen molar-refractivity contribution in [2.24, 2.45) is 0 Å². The van der Waals surface area contributed by atoms with Crippen LogP contribution in [0.25, 0.3) is 16.5 Å². The van der Waals surface area contributed by atoms with Gasteiger partial charge in [0, 0.05) is 17.1 Å². The van der Waals surface area contributed by atoms with E-state index < -0.39 is 21.8 Å². The molecule has 7 heteroatoms. The highest BCUT2D eigenvalue weighted by molar-refractivity contribution is 7.90. The molecule has 0 radical (unpaired) electrons. The van der Waals surface area contributed by atoms with Crippen LogP contribution in [0, 0.1) is 6.92 Å². The molecule has 0 unspecified atom stereocenters. The van der Waals surface area contributed by atoms with E-state index in [1.165, 1.54) is 10.2 Å². The van der Waals surface area contributed by atoms with Crippen molar-refractivity contribution < 1.29 is 18.0 Å². The summed E-state index contributed by atoms with van der Waals surface area (Å²) >= 11 is 0. The molecule has 6 nitrogen and oxygen atoms in total. The Morgan fingerprint density at radius 3 is 2.34 bits per heavy atom. The standard InChI is InChI=1S/C25H22N2O4S/c1-16-11-13-18(14-12-16)32(30,31)27-15-20(19-9-5-6-10-21(19)27)23-22(24(28)26-25(23)29)17-7-3-2-4-8-17/h5-7,9-15H,2-4,8H2,1H3,(H,26,28,29). The van der Waals surface area contributed by atoms with E-state index >= 15 is 0 Å². The molecule has 0 saturated heterocycles. The smallest absolute Gasteiger partial charge is 0.268 e. The fourth-order valence-electron chi connectivity index (χ4n) is 4.46. The normalized spacial score (nSPS) is 17.1. The van der Waals surface area contributed by atoms with Crippen molar-refractivity contribution >= 4 is 38.3 Å². The van der Waals surface area contributed by atoms with Gasteiger partial charge in [-0.25, -0.2) is 12.4 Å². The highest BCUT2D eigenvalue weighted by Gasteiger charge is 2.35. The summed E-state index contributed by atoms with van der Waals surface area (Å²) in [5.74, 6) is -0.913. The van der Waals surface area contributed by atoms with Crippen LogP contribution in [0.5, 0.6) is 0 Å². The van der Waals surface area contributed by atoms with Crippen LogP contribution < -0.4 is 5.32 Å². The fraction of sp³-hybridized carbons (Fsp3) is 0.200. The lowest BCUT2D eigenvalue weighted by molar-refractivity contribution is -0.123. The largest absolute Gasteiger partial charge is 0.288 e. The van der Waals surface area contributed by atoms with E-state index in [0.717, 1.165) is 36.8 Å². The first-order valence-electron chi connectivity index (χ1n) is 10.6. The lowest BCUT2D eigenvalue weighted by Gasteiger charge is -2.13. The molecule has 2 aromatic carbocycles. The maximum Gasteiger partial charge on any atom is 0.268 e. The Balaban J connectivity index is 1.77. The Bertz CT molecular complexity index is 1440. The summed E-state index contributed by atoms with van der Waals surface area (Å²) in [5, 5.41) is 3.02. The number of amides is 2. The van der Waals surface area contributed by atoms with Gasteiger partial charge < -0.3 is 0 Å². The van der Waals surface area contributed by atoms with Crippen molar-refractivity contribution in [3.8, 4) is 0 Å². The van der Waals surface area contributed by atoms with E-state index in [9.17, 15) is 18.0 Å². The van der Waals surface area contributed by atoms with Crippen LogP contribution in [-0.4, -0.2) is 24.2 Å². The van der Waals surface area contributed by atoms with Gasteiger partial charge in [0.1, 0.15) is 0 Å². The average Bonchev–Trinajstić information content (AvgIpc) is 3.31. The summed E-state index contributed by atoms with van der Waals surface area (Å²) in [5.41, 5.74) is 3.33. The Morgan fingerprint density at radius 2 is 1.62 bits per heavy atom. The van der Waals surface area contributed by atoms with Gasteiger partial charge in [-0.15, -0.1) is 0 Å². The Kier molecular flexibility index (Phi) is 4.86. The van der Waals surface area contributed by atoms with Crippen molar-refractivity contribution in [3.63, 3.8) is 0 Å². The number of rotatable bonds is 4. The van der Waals surface area contributed by atoms with Crippen molar-refractivity contribution in [3.05, 3.63) is 83.1 Å². The zero-order valence-corrected chi connectivity index (χ0v) is 18.4. The maximum atomic E-state index is 13.5. The van der Waals surface area contributed by atoms with Gasteiger partial charge in [-0.1, -0.05) is 42.0 Å². The van der Waals surface area contributed by atoms with Crippen LogP contribution in [-0.2, 0) is 19.6 Å². The quantitative estimate of drug-likeness (QED) is 0.612. The number of fused-ring (bicyclic) bond motifs is 1. The lowest BCUT2D eigenvalue weighted by atomic mass is 9.89. The number of hydrogen-bond donors (Lipinski definition) is 1. The molecule has 1 N–H and O–H groups in total. The third-order valence-corrected chi connectivity index (χ3v) is 7.76. The van der Waals surface area contributed by atoms with Crippen molar-refractivity contribution in [1.29, 1.82) is 0 Å². The van der Waals surface area contributed by atoms with Gasteiger partial charge in [0.05, 0.1) is 21.6 Å². The number of carbonyl (C=O) groups is 2. The fourth-order valence-corrected chi connectivity index (χ4v) is 5.83. The number of benzene rings is 2. The molecule has 0 atom stereocenters. The number of nitrogens with one attached hydrogen (secondary N) is 1. The van der Waals surface area contributed by atoms with Crippen LogP contribution in [0.4, 0.5) is 0 Å². The number of imide groups is 1. The monoisotopic (exact) mass is 446 g/mol. The third kappa shape index (κ3) is 3.20. The van der Waals surface area contributed by atoms with Gasteiger partial charge in [-0.05, 0) is 56.4 Å². The van der Waals surface area contributed by atoms with E-state index in [2.05, 4.69) is 5.32 Å². The first-order chi connectivity index (χ1) is 15.4. The summed E-state index contributed by atoms with van der Waals surface area (Å²) in [6.07, 6.45) is 7.07. The topological polar surface area (TPSA) is 85.2 Å². The Labute approximate surface area is 186 Å². The molecule has 5 rings (SSSR count). The summed E-state index contributed by atoms with van der Waals surface area (Å²) < 4.78 is 28.2. The first kappa shape index (κ1) is 20.5. The van der Waals surface area contributed by atoms with Crippen molar-refractivity contribution in [2.75, 3.05) is 0 Å². The molecule has 0 saturated carbocycles. The summed E-state index contributed by atoms with van der Waals surface area (Å²) in [6, 6.07) is 13.7. The maximum absolute atomic E-state index is 13.5. The Morgan fingerprint density at radius 1 is 0.906 bits per heavy atom. The van der Waals surface area contributed by atoms with E-state index in [-0.39, 0.29) is 10.5 Å². The van der Waals surface area contributed by atoms with Gasteiger partial charge in [-0.2, -0.15) is 0 Å². The second-order valence-electron chi connectivity index (χ2n) is 8.18. The molecule has 1 aliphatic heterocycles. The van der Waals surface area contributed by atoms with Gasteiger partial charge in [0.2, 0.25) is 0 Å². The molecular formula is C25H22N2O4S. The van der Waals surface area contributed by atoms with Crippen molar-refractivity contribution in [1.82, 2.24) is 9.29 Å². The highest BCUT2D eigenvalue weighted by Crippen LogP contribution is 2.38. The van der Waals surface area contributed by atoms with Crippen LogP contribution in [0.2, 0.25) is 0 Å². The van der Waals surface area contributed by atoms with Crippen LogP contribution >= 0.6 is 0 Å². The number of allylic oxidation sites excluding steroid dienone is 1. The van der Waals surface area contributed by atoms with Crippen LogP contribution in [0.15, 0.2) is 76.8 Å². The number of carbonyl (C=O) groups excluding carboxylic acids is 2. The molecule has 0 bridgehead atoms. The predicted octanol–water partition coefficient (Wildman–Crippen LogP) is 4.10. The second kappa shape index (κ2) is 7.60. The molecule has 2 amide bonds. The van der Waals surface area contributed by atoms with Gasteiger partial charge in [-0.3, -0.25) is 14.9 Å². The third-order valence-electron chi connectivity index (χ3n) is 6.07. The van der Waals surface area contributed by atoms with Crippen molar-refractivity contribution in [2.45, 2.75) is 37.5 Å². The SMILES string of the molecule is Cc1ccc(S(=O)(=O)n2cc(C3=C(C4=CCCCC4)C(=O)NC3=O)c3ccccc32)cc1. The number of aryl methyl sites for hydroxylation is 1. The number of aromatic nitrogens is 1. The summed E-state index contributed by atoms with van der Waals surface area (Å²) in [7, 11) is -3.90. The molecule has 1 aromatic heterocycles. The molecule has 2 aliphatic rings. The van der Waals surface area contributed by atoms with Gasteiger partial charge in [0.25, 0.3) is 21.8 Å². The molecule has 162 valence electrons. The Hall–Kier alpha value is -3.45. The molecule has 1 aliphatic carbocycles. The average molecular weight is 447 g/mol. The van der Waals surface area contributed by atoms with E-state index in [1.807, 2.05) is 13.0 Å². The van der Waals surface area contributed by atoms with Crippen LogP contribution in [0.1, 0.15) is 36.8 Å². The van der Waals surface area contributed by atoms with Crippen LogP contribution in [0.3, 0.4) is 0 Å². The molecule has 2 heterocycles. The molecule has 0 spiro atoms. The summed E-state index contributed by atoms with van der Waals surface area (Å²) in [4.78, 5) is 25.7. The minimum atomic E-state index is -3.90. The van der Waals surface area contributed by atoms with E-state index in [4.69, 9.17) is 0 Å². The molecular weight excluding hydrogens is 424 g/mol. The zero-order chi connectivity index (χ0) is 22.5.